The number of hydrogen-bond donors (Lipinski definition) is 1. The van der Waals surface area contributed by atoms with Gasteiger partial charge in [0.15, 0.2) is 0 Å². The predicted molar refractivity (Wildman–Crippen MR) is 65.5 cm³/mol. The van der Waals surface area contributed by atoms with E-state index in [2.05, 4.69) is 0 Å². The van der Waals surface area contributed by atoms with Crippen LogP contribution in [0.15, 0.2) is 23.1 Å². The van der Waals surface area contributed by atoms with Crippen LogP contribution in [0.5, 0.6) is 0 Å². The summed E-state index contributed by atoms with van der Waals surface area (Å²) < 4.78 is 25.8. The zero-order valence-electron chi connectivity index (χ0n) is 9.43. The third-order valence-electron chi connectivity index (χ3n) is 3.02. The molecule has 94 valence electrons. The molecule has 0 aromatic heterocycles. The van der Waals surface area contributed by atoms with E-state index in [-0.39, 0.29) is 17.4 Å². The molecule has 1 N–H and O–H groups in total. The molecule has 1 fully saturated rings. The number of benzene rings is 1. The first-order valence-electron chi connectivity index (χ1n) is 5.33. The van der Waals surface area contributed by atoms with Crippen LogP contribution in [0.1, 0.15) is 5.56 Å². The van der Waals surface area contributed by atoms with Gasteiger partial charge in [0.2, 0.25) is 10.0 Å². The summed E-state index contributed by atoms with van der Waals surface area (Å²) in [6, 6.07) is 4.86. The van der Waals surface area contributed by atoms with Crippen LogP contribution in [0.4, 0.5) is 0 Å². The number of sulfonamides is 1. The molecule has 17 heavy (non-hydrogen) atoms. The van der Waals surface area contributed by atoms with Crippen molar-refractivity contribution >= 4 is 21.6 Å². The fourth-order valence-electron chi connectivity index (χ4n) is 1.84. The summed E-state index contributed by atoms with van der Waals surface area (Å²) in [6.45, 7) is 2.48. The van der Waals surface area contributed by atoms with Gasteiger partial charge in [0, 0.05) is 30.6 Å². The molecule has 0 saturated carbocycles. The van der Waals surface area contributed by atoms with Gasteiger partial charge >= 0.3 is 0 Å². The molecule has 0 amide bonds. The van der Waals surface area contributed by atoms with Gasteiger partial charge in [-0.3, -0.25) is 0 Å². The monoisotopic (exact) mass is 275 g/mol. The molecule has 1 heterocycles. The second-order valence-electron chi connectivity index (χ2n) is 4.23. The van der Waals surface area contributed by atoms with E-state index in [1.807, 2.05) is 0 Å². The number of hydrogen-bond acceptors (Lipinski definition) is 3. The molecule has 0 atom stereocenters. The van der Waals surface area contributed by atoms with Crippen LogP contribution in [0.3, 0.4) is 0 Å². The van der Waals surface area contributed by atoms with Crippen LogP contribution in [0.2, 0.25) is 5.02 Å². The third kappa shape index (κ3) is 2.20. The van der Waals surface area contributed by atoms with Gasteiger partial charge in [-0.2, -0.15) is 4.31 Å². The molecule has 0 bridgehead atoms. The second kappa shape index (κ2) is 4.57. The number of aliphatic hydroxyl groups is 1. The van der Waals surface area contributed by atoms with Crippen LogP contribution in [-0.4, -0.2) is 37.5 Å². The lowest BCUT2D eigenvalue weighted by Gasteiger charge is -2.37. The van der Waals surface area contributed by atoms with Gasteiger partial charge in [0.25, 0.3) is 0 Å². The molecule has 1 aliphatic rings. The summed E-state index contributed by atoms with van der Waals surface area (Å²) >= 11 is 5.92. The highest BCUT2D eigenvalue weighted by Gasteiger charge is 2.36. The molecular weight excluding hydrogens is 262 g/mol. The molecule has 0 spiro atoms. The van der Waals surface area contributed by atoms with Crippen molar-refractivity contribution in [3.63, 3.8) is 0 Å². The standard InChI is InChI=1S/C11H14ClNO3S/c1-8-10(12)3-2-4-11(8)17(15,16)13-5-9(6-13)7-14/h2-4,9,14H,5-7H2,1H3. The van der Waals surface area contributed by atoms with Crippen LogP contribution >= 0.6 is 11.6 Å². The fraction of sp³-hybridized carbons (Fsp3) is 0.455. The normalized spacial score (nSPS) is 18.1. The minimum Gasteiger partial charge on any atom is -0.396 e. The van der Waals surface area contributed by atoms with E-state index in [1.54, 1.807) is 25.1 Å². The Morgan fingerprint density at radius 2 is 2.12 bits per heavy atom. The molecule has 1 aliphatic heterocycles. The highest BCUT2D eigenvalue weighted by Crippen LogP contribution is 2.29. The van der Waals surface area contributed by atoms with Crippen molar-refractivity contribution in [3.05, 3.63) is 28.8 Å². The fourth-order valence-corrected chi connectivity index (χ4v) is 3.91. The number of aliphatic hydroxyl groups excluding tert-OH is 1. The van der Waals surface area contributed by atoms with Crippen molar-refractivity contribution in [2.75, 3.05) is 19.7 Å². The second-order valence-corrected chi connectivity index (χ2v) is 6.55. The van der Waals surface area contributed by atoms with Gasteiger partial charge in [-0.25, -0.2) is 8.42 Å². The lowest BCUT2D eigenvalue weighted by molar-refractivity contribution is 0.117. The van der Waals surface area contributed by atoms with E-state index >= 15 is 0 Å². The third-order valence-corrected chi connectivity index (χ3v) is 5.40. The van der Waals surface area contributed by atoms with Crippen molar-refractivity contribution in [1.82, 2.24) is 4.31 Å². The minimum atomic E-state index is -3.46. The van der Waals surface area contributed by atoms with Crippen LogP contribution in [0, 0.1) is 12.8 Å². The summed E-state index contributed by atoms with van der Waals surface area (Å²) in [5.41, 5.74) is 0.571. The molecule has 0 unspecified atom stereocenters. The maximum absolute atomic E-state index is 12.2. The maximum atomic E-state index is 12.2. The van der Waals surface area contributed by atoms with Gasteiger partial charge in [-0.1, -0.05) is 17.7 Å². The summed E-state index contributed by atoms with van der Waals surface area (Å²) in [7, 11) is -3.46. The van der Waals surface area contributed by atoms with Gasteiger partial charge < -0.3 is 5.11 Å². The van der Waals surface area contributed by atoms with E-state index < -0.39 is 10.0 Å². The molecule has 0 radical (unpaired) electrons. The lowest BCUT2D eigenvalue weighted by atomic mass is 10.1. The molecule has 0 aliphatic carbocycles. The highest BCUT2D eigenvalue weighted by molar-refractivity contribution is 7.89. The summed E-state index contributed by atoms with van der Waals surface area (Å²) in [5, 5.41) is 9.35. The summed E-state index contributed by atoms with van der Waals surface area (Å²) in [6.07, 6.45) is 0. The molecule has 1 aromatic carbocycles. The summed E-state index contributed by atoms with van der Waals surface area (Å²) in [5.74, 6) is 0.0595. The number of nitrogens with zero attached hydrogens (tertiary/aromatic N) is 1. The summed E-state index contributed by atoms with van der Waals surface area (Å²) in [4.78, 5) is 0.251. The first-order chi connectivity index (χ1) is 7.96. The van der Waals surface area contributed by atoms with E-state index in [0.717, 1.165) is 0 Å². The SMILES string of the molecule is Cc1c(Cl)cccc1S(=O)(=O)N1CC(CO)C1. The average Bonchev–Trinajstić information content (AvgIpc) is 2.20. The quantitative estimate of drug-likeness (QED) is 0.904. The van der Waals surface area contributed by atoms with Crippen molar-refractivity contribution in [1.29, 1.82) is 0 Å². The van der Waals surface area contributed by atoms with Crippen LogP contribution < -0.4 is 0 Å². The van der Waals surface area contributed by atoms with E-state index in [4.69, 9.17) is 16.7 Å². The Bertz CT molecular complexity index is 524. The van der Waals surface area contributed by atoms with Gasteiger partial charge in [-0.15, -0.1) is 0 Å². The first kappa shape index (κ1) is 12.8. The minimum absolute atomic E-state index is 0.0283. The molecule has 1 saturated heterocycles. The Labute approximate surface area is 106 Å². The van der Waals surface area contributed by atoms with Crippen LogP contribution in [-0.2, 0) is 10.0 Å². The Morgan fingerprint density at radius 3 is 2.71 bits per heavy atom. The highest BCUT2D eigenvalue weighted by atomic mass is 35.5. The smallest absolute Gasteiger partial charge is 0.243 e. The average molecular weight is 276 g/mol. The molecule has 4 nitrogen and oxygen atoms in total. The maximum Gasteiger partial charge on any atom is 0.243 e. The zero-order valence-corrected chi connectivity index (χ0v) is 11.0. The molecule has 6 heteroatoms. The largest absolute Gasteiger partial charge is 0.396 e. The zero-order chi connectivity index (χ0) is 12.6. The van der Waals surface area contributed by atoms with E-state index in [9.17, 15) is 8.42 Å². The molecular formula is C11H14ClNO3S. The van der Waals surface area contributed by atoms with Gasteiger partial charge in [0.05, 0.1) is 4.90 Å². The number of halogens is 1. The Hall–Kier alpha value is -0.620. The van der Waals surface area contributed by atoms with Gasteiger partial charge in [-0.05, 0) is 24.6 Å². The van der Waals surface area contributed by atoms with E-state index in [1.165, 1.54) is 4.31 Å². The lowest BCUT2D eigenvalue weighted by Crippen LogP contribution is -2.51. The molecule has 1 aromatic rings. The van der Waals surface area contributed by atoms with E-state index in [0.29, 0.717) is 23.7 Å². The Kier molecular flexibility index (Phi) is 3.45. The van der Waals surface area contributed by atoms with Crippen molar-refractivity contribution < 1.29 is 13.5 Å². The predicted octanol–water partition coefficient (Wildman–Crippen LogP) is 1.26. The Balaban J connectivity index is 2.30. The van der Waals surface area contributed by atoms with Crippen molar-refractivity contribution in [2.45, 2.75) is 11.8 Å². The number of rotatable bonds is 3. The van der Waals surface area contributed by atoms with Crippen molar-refractivity contribution in [3.8, 4) is 0 Å². The van der Waals surface area contributed by atoms with Crippen molar-refractivity contribution in [2.24, 2.45) is 5.92 Å². The Morgan fingerprint density at radius 1 is 1.47 bits per heavy atom. The topological polar surface area (TPSA) is 57.6 Å². The molecule has 2 rings (SSSR count). The first-order valence-corrected chi connectivity index (χ1v) is 7.14. The van der Waals surface area contributed by atoms with Gasteiger partial charge in [0.1, 0.15) is 0 Å². The van der Waals surface area contributed by atoms with Crippen LogP contribution in [0.25, 0.3) is 0 Å².